The second-order valence-corrected chi connectivity index (χ2v) is 3.34. The standard InChI is InChI=1S/C10H12N2O2/c11-9-5-4-6-7(10(12)13)2-1-3-8(6)14-9/h1-3,9H,4-5,11H2,(H2,12,13). The molecule has 0 fully saturated rings. The van der Waals surface area contributed by atoms with E-state index in [9.17, 15) is 4.79 Å². The summed E-state index contributed by atoms with van der Waals surface area (Å²) in [5, 5.41) is 0. The van der Waals surface area contributed by atoms with Gasteiger partial charge in [0.1, 0.15) is 12.0 Å². The molecule has 0 bridgehead atoms. The van der Waals surface area contributed by atoms with Crippen LogP contribution in [0.5, 0.6) is 5.75 Å². The van der Waals surface area contributed by atoms with Crippen molar-refractivity contribution in [1.29, 1.82) is 0 Å². The fourth-order valence-electron chi connectivity index (χ4n) is 1.67. The lowest BCUT2D eigenvalue weighted by Crippen LogP contribution is -2.32. The second kappa shape index (κ2) is 3.31. The van der Waals surface area contributed by atoms with E-state index in [-0.39, 0.29) is 6.23 Å². The Balaban J connectivity index is 2.46. The lowest BCUT2D eigenvalue weighted by atomic mass is 9.99. The summed E-state index contributed by atoms with van der Waals surface area (Å²) in [5.74, 6) is 0.265. The molecule has 74 valence electrons. The second-order valence-electron chi connectivity index (χ2n) is 3.34. The summed E-state index contributed by atoms with van der Waals surface area (Å²) in [6.07, 6.45) is 1.19. The Hall–Kier alpha value is -1.55. The molecule has 0 saturated carbocycles. The molecular formula is C10H12N2O2. The third-order valence-corrected chi connectivity index (χ3v) is 2.36. The summed E-state index contributed by atoms with van der Waals surface area (Å²) >= 11 is 0. The molecule has 1 unspecified atom stereocenters. The van der Waals surface area contributed by atoms with Crippen molar-refractivity contribution in [1.82, 2.24) is 0 Å². The minimum absolute atomic E-state index is 0.273. The number of fused-ring (bicyclic) bond motifs is 1. The maximum atomic E-state index is 11.1. The SMILES string of the molecule is NC(=O)c1cccc2c1CCC(N)O2. The number of carbonyl (C=O) groups excluding carboxylic acids is 1. The molecule has 1 amide bonds. The molecule has 1 aliphatic rings. The van der Waals surface area contributed by atoms with Gasteiger partial charge in [-0.25, -0.2) is 0 Å². The van der Waals surface area contributed by atoms with Crippen LogP contribution in [0.15, 0.2) is 18.2 Å². The summed E-state index contributed by atoms with van der Waals surface area (Å²) in [7, 11) is 0. The van der Waals surface area contributed by atoms with Gasteiger partial charge in [0, 0.05) is 17.5 Å². The summed E-state index contributed by atoms with van der Waals surface area (Å²) in [5.41, 5.74) is 12.3. The molecule has 0 saturated heterocycles. The number of amides is 1. The molecule has 1 atom stereocenters. The Bertz CT molecular complexity index is 376. The fourth-order valence-corrected chi connectivity index (χ4v) is 1.67. The molecule has 0 radical (unpaired) electrons. The van der Waals surface area contributed by atoms with Gasteiger partial charge in [-0.1, -0.05) is 6.07 Å². The van der Waals surface area contributed by atoms with Crippen LogP contribution < -0.4 is 16.2 Å². The Kier molecular flexibility index (Phi) is 2.13. The number of hydrogen-bond donors (Lipinski definition) is 2. The van der Waals surface area contributed by atoms with Crippen LogP contribution in [0.4, 0.5) is 0 Å². The van der Waals surface area contributed by atoms with E-state index in [0.29, 0.717) is 11.3 Å². The Morgan fingerprint density at radius 3 is 3.00 bits per heavy atom. The molecule has 0 aromatic heterocycles. The number of carbonyl (C=O) groups is 1. The minimum atomic E-state index is -0.416. The van der Waals surface area contributed by atoms with Gasteiger partial charge in [-0.05, 0) is 18.6 Å². The van der Waals surface area contributed by atoms with E-state index in [1.807, 2.05) is 0 Å². The number of primary amides is 1. The van der Waals surface area contributed by atoms with Gasteiger partial charge in [0.2, 0.25) is 5.91 Å². The zero-order valence-electron chi connectivity index (χ0n) is 7.69. The summed E-state index contributed by atoms with van der Waals surface area (Å²) in [4.78, 5) is 11.1. The van der Waals surface area contributed by atoms with Crippen molar-refractivity contribution in [3.8, 4) is 5.75 Å². The smallest absolute Gasteiger partial charge is 0.249 e. The van der Waals surface area contributed by atoms with Crippen LogP contribution >= 0.6 is 0 Å². The first kappa shape index (κ1) is 9.02. The van der Waals surface area contributed by atoms with Gasteiger partial charge in [0.15, 0.2) is 0 Å². The van der Waals surface area contributed by atoms with Gasteiger partial charge in [0.05, 0.1) is 0 Å². The molecule has 0 spiro atoms. The summed E-state index contributed by atoms with van der Waals surface area (Å²) in [6, 6.07) is 5.26. The molecule has 1 aliphatic heterocycles. The molecule has 2 rings (SSSR count). The van der Waals surface area contributed by atoms with Gasteiger partial charge in [-0.2, -0.15) is 0 Å². The average Bonchev–Trinajstić information content (AvgIpc) is 2.16. The Labute approximate surface area is 81.8 Å². The minimum Gasteiger partial charge on any atom is -0.475 e. The van der Waals surface area contributed by atoms with Crippen molar-refractivity contribution in [2.75, 3.05) is 0 Å². The maximum absolute atomic E-state index is 11.1. The highest BCUT2D eigenvalue weighted by Crippen LogP contribution is 2.28. The normalized spacial score (nSPS) is 19.6. The van der Waals surface area contributed by atoms with E-state index in [1.165, 1.54) is 0 Å². The third-order valence-electron chi connectivity index (χ3n) is 2.36. The Morgan fingerprint density at radius 1 is 1.50 bits per heavy atom. The highest BCUT2D eigenvalue weighted by molar-refractivity contribution is 5.95. The lowest BCUT2D eigenvalue weighted by molar-refractivity contribution is 0.0996. The fraction of sp³-hybridized carbons (Fsp3) is 0.300. The van der Waals surface area contributed by atoms with E-state index in [4.69, 9.17) is 16.2 Å². The molecule has 0 aliphatic carbocycles. The zero-order chi connectivity index (χ0) is 10.1. The predicted molar refractivity (Wildman–Crippen MR) is 51.9 cm³/mol. The van der Waals surface area contributed by atoms with E-state index in [1.54, 1.807) is 18.2 Å². The van der Waals surface area contributed by atoms with Crippen LogP contribution in [0.25, 0.3) is 0 Å². The first-order valence-corrected chi connectivity index (χ1v) is 4.52. The number of rotatable bonds is 1. The van der Waals surface area contributed by atoms with Gasteiger partial charge in [-0.3, -0.25) is 10.5 Å². The van der Waals surface area contributed by atoms with Crippen molar-refractivity contribution >= 4 is 5.91 Å². The van der Waals surface area contributed by atoms with Crippen molar-refractivity contribution in [3.05, 3.63) is 29.3 Å². The number of hydrogen-bond acceptors (Lipinski definition) is 3. The number of benzene rings is 1. The molecule has 4 nitrogen and oxygen atoms in total. The van der Waals surface area contributed by atoms with E-state index in [2.05, 4.69) is 0 Å². The van der Waals surface area contributed by atoms with Crippen LogP contribution in [-0.4, -0.2) is 12.1 Å². The molecule has 4 N–H and O–H groups in total. The summed E-state index contributed by atoms with van der Waals surface area (Å²) in [6.45, 7) is 0. The van der Waals surface area contributed by atoms with Crippen molar-refractivity contribution in [2.24, 2.45) is 11.5 Å². The summed E-state index contributed by atoms with van der Waals surface area (Å²) < 4.78 is 5.39. The number of nitrogens with two attached hydrogens (primary N) is 2. The van der Waals surface area contributed by atoms with Gasteiger partial charge in [-0.15, -0.1) is 0 Å². The molecule has 1 heterocycles. The van der Waals surface area contributed by atoms with Crippen LogP contribution in [0.3, 0.4) is 0 Å². The average molecular weight is 192 g/mol. The van der Waals surface area contributed by atoms with Crippen molar-refractivity contribution < 1.29 is 9.53 Å². The monoisotopic (exact) mass is 192 g/mol. The van der Waals surface area contributed by atoms with Gasteiger partial charge in [0.25, 0.3) is 0 Å². The van der Waals surface area contributed by atoms with E-state index >= 15 is 0 Å². The predicted octanol–water partition coefficient (Wildman–Crippen LogP) is 0.395. The van der Waals surface area contributed by atoms with E-state index in [0.717, 1.165) is 18.4 Å². The molecule has 1 aromatic rings. The lowest BCUT2D eigenvalue weighted by Gasteiger charge is -2.24. The van der Waals surface area contributed by atoms with Crippen LogP contribution in [0.1, 0.15) is 22.3 Å². The van der Waals surface area contributed by atoms with Crippen LogP contribution in [0, 0.1) is 0 Å². The highest BCUT2D eigenvalue weighted by Gasteiger charge is 2.20. The number of ether oxygens (including phenoxy) is 1. The van der Waals surface area contributed by atoms with Crippen LogP contribution in [0.2, 0.25) is 0 Å². The molecule has 1 aromatic carbocycles. The highest BCUT2D eigenvalue weighted by atomic mass is 16.5. The zero-order valence-corrected chi connectivity index (χ0v) is 7.69. The molecular weight excluding hydrogens is 180 g/mol. The first-order valence-electron chi connectivity index (χ1n) is 4.52. The first-order chi connectivity index (χ1) is 6.68. The molecule has 14 heavy (non-hydrogen) atoms. The third kappa shape index (κ3) is 1.44. The van der Waals surface area contributed by atoms with Gasteiger partial charge >= 0.3 is 0 Å². The van der Waals surface area contributed by atoms with E-state index < -0.39 is 5.91 Å². The van der Waals surface area contributed by atoms with Crippen LogP contribution in [-0.2, 0) is 6.42 Å². The Morgan fingerprint density at radius 2 is 2.29 bits per heavy atom. The van der Waals surface area contributed by atoms with Crippen molar-refractivity contribution in [3.63, 3.8) is 0 Å². The topological polar surface area (TPSA) is 78.3 Å². The van der Waals surface area contributed by atoms with Crippen molar-refractivity contribution in [2.45, 2.75) is 19.1 Å². The van der Waals surface area contributed by atoms with Gasteiger partial charge < -0.3 is 10.5 Å². The maximum Gasteiger partial charge on any atom is 0.249 e. The quantitative estimate of drug-likeness (QED) is 0.675. The largest absolute Gasteiger partial charge is 0.475 e. The molecule has 4 heteroatoms.